The summed E-state index contributed by atoms with van der Waals surface area (Å²) < 4.78 is 0. The van der Waals surface area contributed by atoms with Gasteiger partial charge in [0.2, 0.25) is 0 Å². The minimum absolute atomic E-state index is 0.168. The molecule has 1 heterocycles. The van der Waals surface area contributed by atoms with E-state index in [0.717, 1.165) is 5.92 Å². The topological polar surface area (TPSA) is 0 Å². The highest BCUT2D eigenvalue weighted by Crippen LogP contribution is 2.26. The van der Waals surface area contributed by atoms with E-state index in [4.69, 9.17) is 0 Å². The Morgan fingerprint density at radius 1 is 1.30 bits per heavy atom. The molecule has 1 aliphatic rings. The van der Waals surface area contributed by atoms with Crippen LogP contribution in [0.3, 0.4) is 0 Å². The Hall–Kier alpha value is 0.217. The Bertz CT molecular complexity index is 82.7. The molecule has 1 rings (SSSR count). The largest absolute Gasteiger partial charge is 0.0657 e. The van der Waals surface area contributed by atoms with Crippen LogP contribution in [0.2, 0.25) is 18.1 Å². The highest BCUT2D eigenvalue weighted by Gasteiger charge is 2.18. The summed E-state index contributed by atoms with van der Waals surface area (Å²) in [6.45, 7) is 4.74. The second-order valence-corrected chi connectivity index (χ2v) is 6.68. The fourth-order valence-corrected chi connectivity index (χ4v) is 5.03. The second kappa shape index (κ2) is 4.17. The van der Waals surface area contributed by atoms with Crippen LogP contribution >= 0.6 is 0 Å². The molecule has 0 amide bonds. The van der Waals surface area contributed by atoms with Crippen molar-refractivity contribution in [2.24, 2.45) is 5.92 Å². The number of hydrogen-bond donors (Lipinski definition) is 0. The molecule has 0 atom stereocenters. The number of hydrogen-bond acceptors (Lipinski definition) is 0. The first-order valence-corrected chi connectivity index (χ1v) is 6.78. The van der Waals surface area contributed by atoms with E-state index in [1.807, 2.05) is 0 Å². The van der Waals surface area contributed by atoms with Gasteiger partial charge in [-0.1, -0.05) is 51.2 Å². The lowest BCUT2D eigenvalue weighted by atomic mass is 10.1. The first-order chi connectivity index (χ1) is 4.83. The van der Waals surface area contributed by atoms with Crippen LogP contribution < -0.4 is 0 Å². The van der Waals surface area contributed by atoms with E-state index in [1.54, 1.807) is 18.1 Å². The van der Waals surface area contributed by atoms with E-state index in [9.17, 15) is 0 Å². The van der Waals surface area contributed by atoms with Crippen LogP contribution in [-0.4, -0.2) is 8.80 Å². The van der Waals surface area contributed by atoms with Crippen molar-refractivity contribution >= 4 is 8.80 Å². The Balaban J connectivity index is 2.13. The molecule has 0 aromatic rings. The lowest BCUT2D eigenvalue weighted by Crippen LogP contribution is -2.19. The summed E-state index contributed by atoms with van der Waals surface area (Å²) >= 11 is 0. The summed E-state index contributed by atoms with van der Waals surface area (Å²) in [7, 11) is 0.168. The second-order valence-electron chi connectivity index (χ2n) is 3.68. The van der Waals surface area contributed by atoms with Gasteiger partial charge < -0.3 is 0 Å². The van der Waals surface area contributed by atoms with E-state index in [1.165, 1.54) is 19.3 Å². The highest BCUT2D eigenvalue weighted by molar-refractivity contribution is 6.58. The monoisotopic (exact) mass is 155 g/mol. The van der Waals surface area contributed by atoms with Gasteiger partial charge in [0.1, 0.15) is 0 Å². The quantitative estimate of drug-likeness (QED) is 0.537. The van der Waals surface area contributed by atoms with E-state index in [0.29, 0.717) is 0 Å². The van der Waals surface area contributed by atoms with E-state index < -0.39 is 0 Å². The van der Waals surface area contributed by atoms with Gasteiger partial charge in [0, 0.05) is 8.80 Å². The summed E-state index contributed by atoms with van der Waals surface area (Å²) in [4.78, 5) is 0. The fraction of sp³-hybridized carbons (Fsp3) is 1.00. The normalized spacial score (nSPS) is 23.4. The Morgan fingerprint density at radius 2 is 1.90 bits per heavy atom. The molecular formula is C9H19Si. The van der Waals surface area contributed by atoms with Crippen molar-refractivity contribution in [1.29, 1.82) is 0 Å². The van der Waals surface area contributed by atoms with Crippen LogP contribution in [0.5, 0.6) is 0 Å². The molecule has 59 valence electrons. The molecule has 1 radical (unpaired) electrons. The summed E-state index contributed by atoms with van der Waals surface area (Å²) in [6, 6.07) is 4.80. The van der Waals surface area contributed by atoms with E-state index in [2.05, 4.69) is 13.8 Å². The maximum absolute atomic E-state index is 2.41. The average molecular weight is 155 g/mol. The first kappa shape index (κ1) is 8.31. The maximum Gasteiger partial charge on any atom is 0.0479 e. The SMILES string of the molecule is CCC[Si]1CCC(C)CC1. The van der Waals surface area contributed by atoms with Crippen LogP contribution in [0.25, 0.3) is 0 Å². The lowest BCUT2D eigenvalue weighted by molar-refractivity contribution is 0.516. The van der Waals surface area contributed by atoms with E-state index in [-0.39, 0.29) is 8.80 Å². The van der Waals surface area contributed by atoms with Gasteiger partial charge in [-0.3, -0.25) is 0 Å². The molecule has 0 aromatic heterocycles. The summed E-state index contributed by atoms with van der Waals surface area (Å²) in [5.41, 5.74) is 0. The smallest absolute Gasteiger partial charge is 0.0479 e. The predicted molar refractivity (Wildman–Crippen MR) is 48.9 cm³/mol. The van der Waals surface area contributed by atoms with Gasteiger partial charge in [-0.25, -0.2) is 0 Å². The summed E-state index contributed by atoms with van der Waals surface area (Å²) in [5.74, 6) is 1.05. The zero-order valence-corrected chi connectivity index (χ0v) is 8.32. The first-order valence-electron chi connectivity index (χ1n) is 4.66. The minimum atomic E-state index is 0.168. The third-order valence-corrected chi connectivity index (χ3v) is 5.78. The van der Waals surface area contributed by atoms with Crippen molar-refractivity contribution in [3.05, 3.63) is 0 Å². The third kappa shape index (κ3) is 2.45. The molecule has 0 aromatic carbocycles. The summed E-state index contributed by atoms with van der Waals surface area (Å²) in [6.07, 6.45) is 4.51. The van der Waals surface area contributed by atoms with Gasteiger partial charge in [-0.05, 0) is 5.92 Å². The molecule has 10 heavy (non-hydrogen) atoms. The van der Waals surface area contributed by atoms with E-state index >= 15 is 0 Å². The van der Waals surface area contributed by atoms with Crippen LogP contribution in [0.4, 0.5) is 0 Å². The molecule has 0 saturated carbocycles. The van der Waals surface area contributed by atoms with Crippen LogP contribution in [0.15, 0.2) is 0 Å². The highest BCUT2D eigenvalue weighted by atomic mass is 28.3. The maximum atomic E-state index is 2.41. The molecular weight excluding hydrogens is 136 g/mol. The molecule has 0 aliphatic carbocycles. The fourth-order valence-electron chi connectivity index (χ4n) is 1.77. The summed E-state index contributed by atoms with van der Waals surface area (Å²) in [5, 5.41) is 0. The molecule has 0 spiro atoms. The lowest BCUT2D eigenvalue weighted by Gasteiger charge is -2.24. The van der Waals surface area contributed by atoms with Crippen LogP contribution in [-0.2, 0) is 0 Å². The van der Waals surface area contributed by atoms with Gasteiger partial charge in [0.25, 0.3) is 0 Å². The molecule has 1 heteroatoms. The molecule has 0 bridgehead atoms. The zero-order chi connectivity index (χ0) is 7.40. The molecule has 1 aliphatic heterocycles. The Kier molecular flexibility index (Phi) is 3.47. The van der Waals surface area contributed by atoms with Crippen molar-refractivity contribution in [1.82, 2.24) is 0 Å². The van der Waals surface area contributed by atoms with Crippen molar-refractivity contribution in [3.8, 4) is 0 Å². The van der Waals surface area contributed by atoms with Gasteiger partial charge in [-0.2, -0.15) is 0 Å². The predicted octanol–water partition coefficient (Wildman–Crippen LogP) is 3.32. The van der Waals surface area contributed by atoms with Crippen molar-refractivity contribution in [3.63, 3.8) is 0 Å². The van der Waals surface area contributed by atoms with Gasteiger partial charge in [0.15, 0.2) is 0 Å². The molecule has 0 nitrogen and oxygen atoms in total. The Morgan fingerprint density at radius 3 is 2.40 bits per heavy atom. The van der Waals surface area contributed by atoms with Crippen molar-refractivity contribution in [2.45, 2.75) is 51.2 Å². The molecule has 0 N–H and O–H groups in total. The third-order valence-electron chi connectivity index (χ3n) is 2.58. The van der Waals surface area contributed by atoms with Crippen molar-refractivity contribution in [2.75, 3.05) is 0 Å². The molecule has 1 fully saturated rings. The number of rotatable bonds is 2. The Labute approximate surface area is 66.6 Å². The zero-order valence-electron chi connectivity index (χ0n) is 7.32. The average Bonchev–Trinajstić information content (AvgIpc) is 1.95. The van der Waals surface area contributed by atoms with Gasteiger partial charge in [-0.15, -0.1) is 0 Å². The van der Waals surface area contributed by atoms with Crippen molar-refractivity contribution < 1.29 is 0 Å². The standard InChI is InChI=1S/C9H19Si/c1-3-6-10-7-4-9(2)5-8-10/h9H,3-8H2,1-2H3. The minimum Gasteiger partial charge on any atom is -0.0657 e. The molecule has 1 saturated heterocycles. The van der Waals surface area contributed by atoms with Gasteiger partial charge >= 0.3 is 0 Å². The van der Waals surface area contributed by atoms with Crippen LogP contribution in [0.1, 0.15) is 33.1 Å². The van der Waals surface area contributed by atoms with Gasteiger partial charge in [0.05, 0.1) is 0 Å². The van der Waals surface area contributed by atoms with Crippen LogP contribution in [0, 0.1) is 5.92 Å². The molecule has 0 unspecified atom stereocenters.